The van der Waals surface area contributed by atoms with Crippen LogP contribution in [0.15, 0.2) is 91.0 Å². The molecule has 6 heteroatoms. The minimum Gasteiger partial charge on any atom is -0.459 e. The Kier molecular flexibility index (Phi) is 8.24. The minimum atomic E-state index is -3.06. The first kappa shape index (κ1) is 24.9. The molecule has 3 aromatic rings. The number of hydrogen-bond acceptors (Lipinski definition) is 4. The Morgan fingerprint density at radius 3 is 1.70 bits per heavy atom. The van der Waals surface area contributed by atoms with E-state index < -0.39 is 25.6 Å². The van der Waals surface area contributed by atoms with Gasteiger partial charge in [0.15, 0.2) is 6.10 Å². The average molecular weight is 481 g/mol. The van der Waals surface area contributed by atoms with E-state index in [4.69, 9.17) is 20.8 Å². The van der Waals surface area contributed by atoms with Crippen molar-refractivity contribution in [3.63, 3.8) is 0 Å². The Morgan fingerprint density at radius 2 is 1.27 bits per heavy atom. The predicted molar refractivity (Wildman–Crippen MR) is 134 cm³/mol. The molecule has 0 unspecified atom stereocenters. The van der Waals surface area contributed by atoms with Gasteiger partial charge in [-0.05, 0) is 32.6 Å². The van der Waals surface area contributed by atoms with Gasteiger partial charge in [0.05, 0.1) is 6.42 Å². The number of rotatable bonds is 9. The molecule has 0 N–H and O–H groups in total. The molecule has 0 amide bonds. The van der Waals surface area contributed by atoms with Gasteiger partial charge in [-0.1, -0.05) is 112 Å². The van der Waals surface area contributed by atoms with E-state index in [-0.39, 0.29) is 18.1 Å². The van der Waals surface area contributed by atoms with Crippen LogP contribution < -0.4 is 10.4 Å². The van der Waals surface area contributed by atoms with E-state index in [1.807, 2.05) is 91.0 Å². The van der Waals surface area contributed by atoms with E-state index in [2.05, 4.69) is 20.8 Å². The topological polar surface area (TPSA) is 52.6 Å². The number of carbonyl (C=O) groups excluding carboxylic acids is 2. The molecule has 0 aliphatic carbocycles. The second-order valence-electron chi connectivity index (χ2n) is 8.92. The van der Waals surface area contributed by atoms with Crippen molar-refractivity contribution >= 4 is 41.5 Å². The van der Waals surface area contributed by atoms with E-state index in [0.29, 0.717) is 0 Å². The van der Waals surface area contributed by atoms with Gasteiger partial charge in [0.2, 0.25) is 5.24 Å². The van der Waals surface area contributed by atoms with Gasteiger partial charge in [0.25, 0.3) is 8.32 Å². The van der Waals surface area contributed by atoms with Gasteiger partial charge >= 0.3 is 5.97 Å². The van der Waals surface area contributed by atoms with Crippen molar-refractivity contribution < 1.29 is 18.8 Å². The highest BCUT2D eigenvalue weighted by Crippen LogP contribution is 2.38. The summed E-state index contributed by atoms with van der Waals surface area (Å²) in [7, 11) is -3.06. The Balaban J connectivity index is 2.04. The highest BCUT2D eigenvalue weighted by molar-refractivity contribution is 6.99. The second-order valence-corrected chi connectivity index (χ2v) is 13.6. The molecule has 1 atom stereocenters. The summed E-state index contributed by atoms with van der Waals surface area (Å²) in [4.78, 5) is 25.1. The molecule has 33 heavy (non-hydrogen) atoms. The number of carbonyl (C=O) groups is 2. The maximum absolute atomic E-state index is 13.2. The number of hydrogen-bond donors (Lipinski definition) is 0. The van der Waals surface area contributed by atoms with Crippen LogP contribution in [0.2, 0.25) is 5.04 Å². The first-order valence-electron chi connectivity index (χ1n) is 10.9. The van der Waals surface area contributed by atoms with Gasteiger partial charge in [0, 0.05) is 0 Å². The van der Waals surface area contributed by atoms with Crippen LogP contribution in [0.3, 0.4) is 0 Å². The van der Waals surface area contributed by atoms with E-state index in [0.717, 1.165) is 15.9 Å². The molecule has 0 aliphatic heterocycles. The second kappa shape index (κ2) is 10.9. The zero-order chi connectivity index (χ0) is 23.9. The Labute approximate surface area is 201 Å². The summed E-state index contributed by atoms with van der Waals surface area (Å²) in [6, 6.07) is 29.3. The SMILES string of the molecule is CC(C)(C)[Si](O[C@@H](CC(=O)Cl)C(=O)OCc1ccccc1)(c1ccccc1)c1ccccc1. The van der Waals surface area contributed by atoms with E-state index in [9.17, 15) is 9.59 Å². The third kappa shape index (κ3) is 5.99. The number of halogens is 1. The molecule has 0 aliphatic rings. The summed E-state index contributed by atoms with van der Waals surface area (Å²) < 4.78 is 12.4. The van der Waals surface area contributed by atoms with Crippen LogP contribution in [-0.2, 0) is 25.4 Å². The lowest BCUT2D eigenvalue weighted by Gasteiger charge is -2.44. The summed E-state index contributed by atoms with van der Waals surface area (Å²) in [6.07, 6.45) is -1.38. The van der Waals surface area contributed by atoms with Crippen molar-refractivity contribution in [3.8, 4) is 0 Å². The molecular formula is C27H29ClO4Si. The normalized spacial score (nSPS) is 12.7. The predicted octanol–water partition coefficient (Wildman–Crippen LogP) is 4.83. The van der Waals surface area contributed by atoms with Crippen LogP contribution >= 0.6 is 11.6 Å². The maximum Gasteiger partial charge on any atom is 0.334 e. The average Bonchev–Trinajstić information content (AvgIpc) is 2.81. The van der Waals surface area contributed by atoms with Crippen LogP contribution in [0.4, 0.5) is 0 Å². The fraction of sp³-hybridized carbons (Fsp3) is 0.259. The number of ether oxygens (including phenoxy) is 1. The lowest BCUT2D eigenvalue weighted by atomic mass is 10.2. The first-order valence-corrected chi connectivity index (χ1v) is 13.2. The van der Waals surface area contributed by atoms with Crippen LogP contribution in [0.25, 0.3) is 0 Å². The van der Waals surface area contributed by atoms with E-state index in [1.165, 1.54) is 0 Å². The molecule has 0 saturated heterocycles. The minimum absolute atomic E-state index is 0.0940. The Hall–Kier alpha value is -2.73. The molecule has 4 nitrogen and oxygen atoms in total. The molecule has 0 spiro atoms. The highest BCUT2D eigenvalue weighted by atomic mass is 35.5. The molecule has 0 bridgehead atoms. The van der Waals surface area contributed by atoms with Crippen molar-refractivity contribution in [3.05, 3.63) is 96.6 Å². The quantitative estimate of drug-likeness (QED) is 0.250. The fourth-order valence-corrected chi connectivity index (χ4v) is 8.81. The lowest BCUT2D eigenvalue weighted by molar-refractivity contribution is -0.155. The summed E-state index contributed by atoms with van der Waals surface area (Å²) in [5, 5.41) is 1.01. The summed E-state index contributed by atoms with van der Waals surface area (Å²) in [5.41, 5.74) is 0.854. The fourth-order valence-electron chi connectivity index (χ4n) is 4.05. The third-order valence-electron chi connectivity index (χ3n) is 5.57. The van der Waals surface area contributed by atoms with Crippen LogP contribution in [-0.4, -0.2) is 25.6 Å². The van der Waals surface area contributed by atoms with Gasteiger partial charge in [-0.25, -0.2) is 4.79 Å². The molecule has 0 aromatic heterocycles. The van der Waals surface area contributed by atoms with Crippen molar-refractivity contribution in [2.24, 2.45) is 0 Å². The molecule has 0 fully saturated rings. The van der Waals surface area contributed by atoms with Crippen molar-refractivity contribution in [1.29, 1.82) is 0 Å². The smallest absolute Gasteiger partial charge is 0.334 e. The molecular weight excluding hydrogens is 452 g/mol. The zero-order valence-electron chi connectivity index (χ0n) is 19.2. The molecule has 0 heterocycles. The molecule has 0 saturated carbocycles. The van der Waals surface area contributed by atoms with Crippen LogP contribution in [0.1, 0.15) is 32.8 Å². The van der Waals surface area contributed by atoms with Crippen molar-refractivity contribution in [2.75, 3.05) is 0 Å². The molecule has 0 radical (unpaired) electrons. The summed E-state index contributed by atoms with van der Waals surface area (Å²) in [6.45, 7) is 6.41. The zero-order valence-corrected chi connectivity index (χ0v) is 20.9. The van der Waals surface area contributed by atoms with Gasteiger partial charge in [-0.15, -0.1) is 0 Å². The van der Waals surface area contributed by atoms with Gasteiger partial charge in [0.1, 0.15) is 6.61 Å². The van der Waals surface area contributed by atoms with Gasteiger partial charge in [-0.3, -0.25) is 4.79 Å². The molecule has 172 valence electrons. The lowest BCUT2D eigenvalue weighted by Crippen LogP contribution is -2.68. The highest BCUT2D eigenvalue weighted by Gasteiger charge is 2.52. The Morgan fingerprint density at radius 1 is 0.818 bits per heavy atom. The first-order chi connectivity index (χ1) is 15.7. The van der Waals surface area contributed by atoms with Gasteiger partial charge in [-0.2, -0.15) is 0 Å². The van der Waals surface area contributed by atoms with E-state index in [1.54, 1.807) is 0 Å². The standard InChI is InChI=1S/C27H29ClO4Si/c1-27(2,3)33(22-15-9-5-10-16-22,23-17-11-6-12-18-23)32-24(19-25(28)29)26(30)31-20-21-13-7-4-8-14-21/h4-18,24H,19-20H2,1-3H3/t24-/m0/s1. The monoisotopic (exact) mass is 480 g/mol. The molecule has 3 rings (SSSR count). The number of esters is 1. The van der Waals surface area contributed by atoms with Crippen LogP contribution in [0.5, 0.6) is 0 Å². The van der Waals surface area contributed by atoms with Gasteiger partial charge < -0.3 is 9.16 Å². The third-order valence-corrected chi connectivity index (χ3v) is 10.8. The maximum atomic E-state index is 13.2. The van der Waals surface area contributed by atoms with Crippen LogP contribution in [0, 0.1) is 0 Å². The largest absolute Gasteiger partial charge is 0.459 e. The Bertz CT molecular complexity index is 1010. The number of benzene rings is 3. The van der Waals surface area contributed by atoms with E-state index >= 15 is 0 Å². The molecule has 3 aromatic carbocycles. The summed E-state index contributed by atoms with van der Waals surface area (Å²) in [5.74, 6) is -0.596. The summed E-state index contributed by atoms with van der Waals surface area (Å²) >= 11 is 5.76. The van der Waals surface area contributed by atoms with Crippen molar-refractivity contribution in [2.45, 2.75) is 44.9 Å². The van der Waals surface area contributed by atoms with Crippen molar-refractivity contribution in [1.82, 2.24) is 0 Å².